The van der Waals surface area contributed by atoms with Crippen LogP contribution in [0.5, 0.6) is 0 Å². The van der Waals surface area contributed by atoms with Crippen LogP contribution < -0.4 is 4.90 Å². The molecule has 1 aliphatic carbocycles. The molecule has 0 saturated carbocycles. The summed E-state index contributed by atoms with van der Waals surface area (Å²) in [5.74, 6) is 0. The molecule has 0 saturated heterocycles. The number of hydrogen-bond donors (Lipinski definition) is 0. The Labute approximate surface area is 403 Å². The highest BCUT2D eigenvalue weighted by molar-refractivity contribution is 6.11. The molecule has 13 rings (SSSR count). The first-order valence-electron chi connectivity index (χ1n) is 24.0. The monoisotopic (exact) mass is 880 g/mol. The molecule has 0 radical (unpaired) electrons. The Bertz CT molecular complexity index is 3910. The summed E-state index contributed by atoms with van der Waals surface area (Å²) in [6.07, 6.45) is 0. The second kappa shape index (κ2) is 16.3. The maximum atomic E-state index is 2.50. The topological polar surface area (TPSA) is 8.17 Å². The maximum Gasteiger partial charge on any atom is 0.0547 e. The molecule has 0 bridgehead atoms. The third-order valence-electron chi connectivity index (χ3n) is 14.6. The summed E-state index contributed by atoms with van der Waals surface area (Å²) in [4.78, 5) is 2.50. The van der Waals surface area contributed by atoms with Crippen LogP contribution in [-0.4, -0.2) is 4.57 Å². The second-order valence-corrected chi connectivity index (χ2v) is 18.8. The number of anilines is 3. The van der Waals surface area contributed by atoms with Crippen LogP contribution in [0.15, 0.2) is 255 Å². The molecule has 1 heterocycles. The van der Waals surface area contributed by atoms with Crippen molar-refractivity contribution in [3.8, 4) is 61.3 Å². The molecule has 0 fully saturated rings. The molecule has 12 aromatic rings. The lowest BCUT2D eigenvalue weighted by atomic mass is 9.82. The van der Waals surface area contributed by atoms with E-state index in [1.54, 1.807) is 0 Å². The molecule has 2 nitrogen and oxygen atoms in total. The molecule has 2 heteroatoms. The fraction of sp³-hybridized carbons (Fsp3) is 0.0448. The minimum atomic E-state index is -0.123. The van der Waals surface area contributed by atoms with Gasteiger partial charge in [0.1, 0.15) is 0 Å². The predicted molar refractivity (Wildman–Crippen MR) is 292 cm³/mol. The Morgan fingerprint density at radius 1 is 0.348 bits per heavy atom. The Hall–Kier alpha value is -8.72. The summed E-state index contributed by atoms with van der Waals surface area (Å²) in [7, 11) is 0. The summed E-state index contributed by atoms with van der Waals surface area (Å²) in [5, 5.41) is 4.95. The molecular formula is C67H48N2. The van der Waals surface area contributed by atoms with Gasteiger partial charge < -0.3 is 9.47 Å². The number of rotatable bonds is 8. The van der Waals surface area contributed by atoms with Crippen molar-refractivity contribution < 1.29 is 0 Å². The highest BCUT2D eigenvalue weighted by Crippen LogP contribution is 2.54. The quantitative estimate of drug-likeness (QED) is 0.148. The first-order valence-corrected chi connectivity index (χ1v) is 24.0. The molecule has 0 unspecified atom stereocenters. The van der Waals surface area contributed by atoms with E-state index in [0.29, 0.717) is 0 Å². The van der Waals surface area contributed by atoms with Crippen LogP contribution in [0.1, 0.15) is 25.0 Å². The normalized spacial score (nSPS) is 12.6. The first-order chi connectivity index (χ1) is 34.0. The fourth-order valence-corrected chi connectivity index (χ4v) is 11.4. The highest BCUT2D eigenvalue weighted by atomic mass is 15.1. The lowest BCUT2D eigenvalue weighted by molar-refractivity contribution is 0.660. The minimum absolute atomic E-state index is 0.123. The van der Waals surface area contributed by atoms with E-state index < -0.39 is 0 Å². The Kier molecular flexibility index (Phi) is 9.55. The van der Waals surface area contributed by atoms with E-state index in [2.05, 4.69) is 278 Å². The number of benzene rings is 11. The van der Waals surface area contributed by atoms with Crippen molar-refractivity contribution in [3.05, 3.63) is 266 Å². The van der Waals surface area contributed by atoms with Crippen molar-refractivity contribution in [2.45, 2.75) is 19.3 Å². The molecule has 69 heavy (non-hydrogen) atoms. The van der Waals surface area contributed by atoms with Crippen molar-refractivity contribution in [3.63, 3.8) is 0 Å². The fourth-order valence-electron chi connectivity index (χ4n) is 11.4. The third-order valence-corrected chi connectivity index (χ3v) is 14.6. The van der Waals surface area contributed by atoms with Crippen molar-refractivity contribution >= 4 is 49.6 Å². The first kappa shape index (κ1) is 40.5. The Balaban J connectivity index is 1.02. The van der Waals surface area contributed by atoms with Gasteiger partial charge in [-0.2, -0.15) is 0 Å². The van der Waals surface area contributed by atoms with E-state index in [1.165, 1.54) is 88.2 Å². The van der Waals surface area contributed by atoms with Gasteiger partial charge in [0, 0.05) is 38.7 Å². The summed E-state index contributed by atoms with van der Waals surface area (Å²) >= 11 is 0. The third kappa shape index (κ3) is 6.55. The summed E-state index contributed by atoms with van der Waals surface area (Å²) in [5.41, 5.74) is 21.6. The van der Waals surface area contributed by atoms with Crippen LogP contribution in [0.2, 0.25) is 0 Å². The molecule has 0 atom stereocenters. The van der Waals surface area contributed by atoms with E-state index in [9.17, 15) is 0 Å². The largest absolute Gasteiger partial charge is 0.309 e. The van der Waals surface area contributed by atoms with Crippen LogP contribution in [0.4, 0.5) is 17.1 Å². The maximum absolute atomic E-state index is 2.50. The van der Waals surface area contributed by atoms with Gasteiger partial charge in [0.05, 0.1) is 22.4 Å². The number of hydrogen-bond acceptors (Lipinski definition) is 1. The molecule has 1 aromatic heterocycles. The van der Waals surface area contributed by atoms with Crippen molar-refractivity contribution in [2.24, 2.45) is 0 Å². The Morgan fingerprint density at radius 3 is 1.64 bits per heavy atom. The van der Waals surface area contributed by atoms with E-state index in [1.807, 2.05) is 0 Å². The summed E-state index contributed by atoms with van der Waals surface area (Å²) in [6, 6.07) is 93.7. The number of fused-ring (bicyclic) bond motifs is 7. The number of aromatic nitrogens is 1. The van der Waals surface area contributed by atoms with Gasteiger partial charge in [0.15, 0.2) is 0 Å². The molecule has 0 amide bonds. The molecule has 326 valence electrons. The Morgan fingerprint density at radius 2 is 0.884 bits per heavy atom. The molecule has 1 aliphatic rings. The van der Waals surface area contributed by atoms with E-state index in [0.717, 1.165) is 33.9 Å². The minimum Gasteiger partial charge on any atom is -0.309 e. The van der Waals surface area contributed by atoms with Gasteiger partial charge >= 0.3 is 0 Å². The second-order valence-electron chi connectivity index (χ2n) is 18.8. The number of para-hydroxylation sites is 4. The van der Waals surface area contributed by atoms with Crippen LogP contribution in [0.3, 0.4) is 0 Å². The van der Waals surface area contributed by atoms with Gasteiger partial charge in [-0.15, -0.1) is 0 Å². The average molecular weight is 881 g/mol. The summed E-state index contributed by atoms with van der Waals surface area (Å²) < 4.78 is 2.40. The van der Waals surface area contributed by atoms with Gasteiger partial charge in [-0.3, -0.25) is 0 Å². The van der Waals surface area contributed by atoms with Gasteiger partial charge in [-0.1, -0.05) is 220 Å². The predicted octanol–water partition coefficient (Wildman–Crippen LogP) is 18.4. The number of nitrogens with zero attached hydrogens (tertiary/aromatic N) is 2. The SMILES string of the molecule is CC1(C)c2ccccc2-c2c(-c3ccccc3N(c3ccc(-c4ccc5c6ccccc6n(-c6ccccc6)c5c4)cc3)c3ccccc3-c3cccc4cccc(-c5ccccc5)c34)cccc21. The molecule has 0 spiro atoms. The van der Waals surface area contributed by atoms with Crippen LogP contribution >= 0.6 is 0 Å². The van der Waals surface area contributed by atoms with Crippen molar-refractivity contribution in [1.29, 1.82) is 0 Å². The molecular weight excluding hydrogens is 833 g/mol. The smallest absolute Gasteiger partial charge is 0.0547 e. The molecule has 11 aromatic carbocycles. The van der Waals surface area contributed by atoms with Crippen LogP contribution in [0, 0.1) is 0 Å². The zero-order valence-corrected chi connectivity index (χ0v) is 38.6. The average Bonchev–Trinajstić information content (AvgIpc) is 3.87. The van der Waals surface area contributed by atoms with E-state index in [-0.39, 0.29) is 5.41 Å². The zero-order valence-electron chi connectivity index (χ0n) is 38.6. The molecule has 0 aliphatic heterocycles. The van der Waals surface area contributed by atoms with Crippen LogP contribution in [0.25, 0.3) is 93.9 Å². The van der Waals surface area contributed by atoms with Crippen LogP contribution in [-0.2, 0) is 5.41 Å². The summed E-state index contributed by atoms with van der Waals surface area (Å²) in [6.45, 7) is 4.73. The van der Waals surface area contributed by atoms with Crippen molar-refractivity contribution in [2.75, 3.05) is 4.90 Å². The lowest BCUT2D eigenvalue weighted by Crippen LogP contribution is -2.15. The van der Waals surface area contributed by atoms with Crippen molar-refractivity contribution in [1.82, 2.24) is 4.57 Å². The van der Waals surface area contributed by atoms with Gasteiger partial charge in [-0.25, -0.2) is 0 Å². The zero-order chi connectivity index (χ0) is 46.1. The lowest BCUT2D eigenvalue weighted by Gasteiger charge is -2.31. The highest BCUT2D eigenvalue weighted by Gasteiger charge is 2.37. The van der Waals surface area contributed by atoms with Gasteiger partial charge in [0.25, 0.3) is 0 Å². The molecule has 0 N–H and O–H groups in total. The van der Waals surface area contributed by atoms with Gasteiger partial charge in [0.2, 0.25) is 0 Å². The standard InChI is InChI=1S/C67H48N2/c1-67(2)59-33-13-9-29-58(59)66-57(32-19-34-60(66)67)54-28-12-16-37-63(54)68(62-36-15-11-27-53(62)56-31-18-23-47-22-17-30-51(65(47)56)46-20-5-3-6-21-46)50-41-38-45(39-42-50)48-40-43-55-52-26-10-14-35-61(52)69(64(55)44-48)49-24-7-4-8-25-49/h3-44H,1-2H3. The van der Waals surface area contributed by atoms with E-state index >= 15 is 0 Å². The van der Waals surface area contributed by atoms with E-state index in [4.69, 9.17) is 0 Å². The van der Waals surface area contributed by atoms with Gasteiger partial charge in [-0.05, 0) is 115 Å².